The Morgan fingerprint density at radius 3 is 2.58 bits per heavy atom. The van der Waals surface area contributed by atoms with Gasteiger partial charge in [-0.25, -0.2) is 5.43 Å². The van der Waals surface area contributed by atoms with Crippen LogP contribution in [0.4, 0.5) is 0 Å². The number of phenols is 1. The van der Waals surface area contributed by atoms with Crippen molar-refractivity contribution in [1.82, 2.24) is 5.43 Å². The van der Waals surface area contributed by atoms with Crippen molar-refractivity contribution in [3.8, 4) is 5.75 Å². The number of nitrogens with zero attached hydrogens (tertiary/aromatic N) is 1. The minimum absolute atomic E-state index is 0.0573. The van der Waals surface area contributed by atoms with Crippen molar-refractivity contribution in [1.29, 1.82) is 0 Å². The number of hydrazone groups is 1. The Morgan fingerprint density at radius 1 is 1.04 bits per heavy atom. The first-order valence-electron chi connectivity index (χ1n) is 7.05. The van der Waals surface area contributed by atoms with Gasteiger partial charge in [0, 0.05) is 15.6 Å². The molecule has 0 spiro atoms. The van der Waals surface area contributed by atoms with Crippen LogP contribution >= 0.6 is 31.9 Å². The second-order valence-corrected chi connectivity index (χ2v) is 6.86. The Bertz CT molecular complexity index is 955. The van der Waals surface area contributed by atoms with Crippen molar-refractivity contribution in [3.05, 3.63) is 74.7 Å². The molecule has 120 valence electrons. The van der Waals surface area contributed by atoms with Crippen LogP contribution in [0.5, 0.6) is 5.75 Å². The number of rotatable bonds is 3. The predicted molar refractivity (Wildman–Crippen MR) is 103 cm³/mol. The van der Waals surface area contributed by atoms with Gasteiger partial charge in [0.2, 0.25) is 0 Å². The molecule has 0 aliphatic rings. The summed E-state index contributed by atoms with van der Waals surface area (Å²) in [5.41, 5.74) is 3.47. The summed E-state index contributed by atoms with van der Waals surface area (Å²) in [5, 5.41) is 15.9. The monoisotopic (exact) mass is 446 g/mol. The van der Waals surface area contributed by atoms with Crippen LogP contribution in [0.15, 0.2) is 68.6 Å². The molecule has 0 heterocycles. The van der Waals surface area contributed by atoms with E-state index in [4.69, 9.17) is 0 Å². The van der Waals surface area contributed by atoms with Crippen LogP contribution in [0.3, 0.4) is 0 Å². The molecular formula is C18H12Br2N2O2. The number of fused-ring (bicyclic) bond motifs is 1. The zero-order chi connectivity index (χ0) is 17.1. The Hall–Kier alpha value is -2.18. The fourth-order valence-corrected chi connectivity index (χ4v) is 3.50. The van der Waals surface area contributed by atoms with E-state index in [-0.39, 0.29) is 11.7 Å². The molecule has 6 heteroatoms. The number of benzene rings is 3. The Labute approximate surface area is 155 Å². The highest BCUT2D eigenvalue weighted by Gasteiger charge is 2.07. The Kier molecular flexibility index (Phi) is 4.97. The molecule has 0 aliphatic heterocycles. The summed E-state index contributed by atoms with van der Waals surface area (Å²) in [6.45, 7) is 0. The zero-order valence-electron chi connectivity index (χ0n) is 12.3. The third kappa shape index (κ3) is 3.66. The van der Waals surface area contributed by atoms with Gasteiger partial charge in [0.05, 0.1) is 10.7 Å². The lowest BCUT2D eigenvalue weighted by Crippen LogP contribution is -2.17. The second kappa shape index (κ2) is 7.15. The predicted octanol–water partition coefficient (Wildman–Crippen LogP) is 4.83. The highest BCUT2D eigenvalue weighted by atomic mass is 79.9. The lowest BCUT2D eigenvalue weighted by atomic mass is 10.1. The molecule has 0 aliphatic carbocycles. The van der Waals surface area contributed by atoms with Gasteiger partial charge in [-0.1, -0.05) is 46.3 Å². The molecule has 4 nitrogen and oxygen atoms in total. The number of hydrogen-bond donors (Lipinski definition) is 2. The van der Waals surface area contributed by atoms with E-state index in [2.05, 4.69) is 42.4 Å². The number of aromatic hydroxyl groups is 1. The largest absolute Gasteiger partial charge is 0.506 e. The minimum atomic E-state index is -0.314. The molecule has 0 aromatic heterocycles. The molecule has 24 heavy (non-hydrogen) atoms. The van der Waals surface area contributed by atoms with E-state index in [0.29, 0.717) is 15.6 Å². The normalized spacial score (nSPS) is 11.1. The number of halogens is 2. The molecule has 3 rings (SSSR count). The minimum Gasteiger partial charge on any atom is -0.506 e. The smallest absolute Gasteiger partial charge is 0.271 e. The van der Waals surface area contributed by atoms with Crippen molar-refractivity contribution in [2.45, 2.75) is 0 Å². The molecule has 0 radical (unpaired) electrons. The van der Waals surface area contributed by atoms with Gasteiger partial charge in [0.25, 0.3) is 5.91 Å². The number of nitrogens with one attached hydrogen (secondary N) is 1. The van der Waals surface area contributed by atoms with Crippen molar-refractivity contribution in [2.24, 2.45) is 5.10 Å². The fraction of sp³-hybridized carbons (Fsp3) is 0. The molecular weight excluding hydrogens is 436 g/mol. The summed E-state index contributed by atoms with van der Waals surface area (Å²) in [5.74, 6) is -0.257. The first kappa shape index (κ1) is 16.7. The number of hydrogen-bond acceptors (Lipinski definition) is 3. The summed E-state index contributed by atoms with van der Waals surface area (Å²) in [6.07, 6.45) is 1.39. The van der Waals surface area contributed by atoms with Gasteiger partial charge < -0.3 is 5.11 Å². The van der Waals surface area contributed by atoms with Gasteiger partial charge >= 0.3 is 0 Å². The summed E-state index contributed by atoms with van der Waals surface area (Å²) in [7, 11) is 0. The maximum Gasteiger partial charge on any atom is 0.271 e. The fourth-order valence-electron chi connectivity index (χ4n) is 2.24. The van der Waals surface area contributed by atoms with Gasteiger partial charge in [-0.3, -0.25) is 4.79 Å². The van der Waals surface area contributed by atoms with Gasteiger partial charge in [-0.15, -0.1) is 0 Å². The van der Waals surface area contributed by atoms with Gasteiger partial charge in [-0.2, -0.15) is 5.10 Å². The van der Waals surface area contributed by atoms with Gasteiger partial charge in [0.1, 0.15) is 5.75 Å². The zero-order valence-corrected chi connectivity index (χ0v) is 15.5. The Balaban J connectivity index is 1.77. The molecule has 3 aromatic carbocycles. The third-order valence-electron chi connectivity index (χ3n) is 3.44. The first-order valence-corrected chi connectivity index (χ1v) is 8.63. The molecule has 0 saturated carbocycles. The van der Waals surface area contributed by atoms with E-state index in [1.165, 1.54) is 6.21 Å². The van der Waals surface area contributed by atoms with E-state index in [1.54, 1.807) is 18.2 Å². The second-order valence-electron chi connectivity index (χ2n) is 5.09. The van der Waals surface area contributed by atoms with Crippen LogP contribution in [0.1, 0.15) is 15.9 Å². The lowest BCUT2D eigenvalue weighted by molar-refractivity contribution is 0.0955. The van der Waals surface area contributed by atoms with E-state index in [0.717, 1.165) is 15.2 Å². The number of phenolic OH excluding ortho intramolecular Hbond substituents is 1. The van der Waals surface area contributed by atoms with E-state index < -0.39 is 0 Å². The van der Waals surface area contributed by atoms with Crippen LogP contribution in [0.2, 0.25) is 0 Å². The van der Waals surface area contributed by atoms with Crippen molar-refractivity contribution < 1.29 is 9.90 Å². The summed E-state index contributed by atoms with van der Waals surface area (Å²) < 4.78 is 1.33. The molecule has 0 bridgehead atoms. The summed E-state index contributed by atoms with van der Waals surface area (Å²) >= 11 is 6.59. The van der Waals surface area contributed by atoms with E-state index >= 15 is 0 Å². The van der Waals surface area contributed by atoms with Crippen molar-refractivity contribution in [2.75, 3.05) is 0 Å². The topological polar surface area (TPSA) is 61.7 Å². The van der Waals surface area contributed by atoms with Gasteiger partial charge in [-0.05, 0) is 51.0 Å². The third-order valence-corrected chi connectivity index (χ3v) is 4.50. The van der Waals surface area contributed by atoms with Crippen LogP contribution in [-0.2, 0) is 0 Å². The quantitative estimate of drug-likeness (QED) is 0.446. The molecule has 0 unspecified atom stereocenters. The average Bonchev–Trinajstić information content (AvgIpc) is 2.58. The van der Waals surface area contributed by atoms with Crippen molar-refractivity contribution >= 4 is 54.8 Å². The Morgan fingerprint density at radius 2 is 1.79 bits per heavy atom. The van der Waals surface area contributed by atoms with Crippen LogP contribution < -0.4 is 5.43 Å². The van der Waals surface area contributed by atoms with Crippen LogP contribution in [0.25, 0.3) is 10.8 Å². The van der Waals surface area contributed by atoms with Crippen LogP contribution in [0, 0.1) is 0 Å². The molecule has 1 amide bonds. The molecule has 0 atom stereocenters. The lowest BCUT2D eigenvalue weighted by Gasteiger charge is -2.04. The standard InChI is InChI=1S/C18H12Br2N2O2/c19-15-8-14(17(23)16(20)9-15)10-21-22-18(24)13-6-5-11-3-1-2-4-12(11)7-13/h1-10,23H,(H,22,24). The number of amides is 1. The summed E-state index contributed by atoms with van der Waals surface area (Å²) in [6, 6.07) is 16.7. The molecule has 0 fully saturated rings. The van der Waals surface area contributed by atoms with E-state index in [1.807, 2.05) is 36.4 Å². The average molecular weight is 448 g/mol. The maximum absolute atomic E-state index is 12.2. The number of carbonyl (C=O) groups is 1. The molecule has 3 aromatic rings. The van der Waals surface area contributed by atoms with Crippen LogP contribution in [-0.4, -0.2) is 17.2 Å². The van der Waals surface area contributed by atoms with Gasteiger partial charge in [0.15, 0.2) is 0 Å². The van der Waals surface area contributed by atoms with Crippen molar-refractivity contribution in [3.63, 3.8) is 0 Å². The highest BCUT2D eigenvalue weighted by Crippen LogP contribution is 2.30. The molecule has 0 saturated heterocycles. The number of carbonyl (C=O) groups excluding carboxylic acids is 1. The van der Waals surface area contributed by atoms with E-state index in [9.17, 15) is 9.90 Å². The molecule has 2 N–H and O–H groups in total. The maximum atomic E-state index is 12.2. The highest BCUT2D eigenvalue weighted by molar-refractivity contribution is 9.11. The first-order chi connectivity index (χ1) is 11.5. The SMILES string of the molecule is O=C(NN=Cc1cc(Br)cc(Br)c1O)c1ccc2ccccc2c1. The summed E-state index contributed by atoms with van der Waals surface area (Å²) in [4.78, 5) is 12.2.